The third kappa shape index (κ3) is 6.70. The fourth-order valence-corrected chi connectivity index (χ4v) is 4.41. The molecule has 0 saturated carbocycles. The van der Waals surface area contributed by atoms with Crippen molar-refractivity contribution in [3.05, 3.63) is 84.9 Å². The van der Waals surface area contributed by atoms with Crippen molar-refractivity contribution >= 4 is 35.0 Å². The highest BCUT2D eigenvalue weighted by Gasteiger charge is 2.24. The Bertz CT molecular complexity index is 1430. The van der Waals surface area contributed by atoms with Crippen LogP contribution in [0.5, 0.6) is 0 Å². The number of nitrogens with zero attached hydrogens (tertiary/aromatic N) is 5. The van der Waals surface area contributed by atoms with Crippen molar-refractivity contribution < 1.29 is 14.7 Å². The van der Waals surface area contributed by atoms with Gasteiger partial charge in [0.1, 0.15) is 17.5 Å². The van der Waals surface area contributed by atoms with Crippen LogP contribution in [-0.2, 0) is 9.59 Å². The molecule has 4 heterocycles. The maximum atomic E-state index is 13.4. The molecule has 1 aliphatic rings. The molecule has 4 aromatic rings. The molecule has 39 heavy (non-hydrogen) atoms. The highest BCUT2D eigenvalue weighted by Crippen LogP contribution is 2.29. The minimum Gasteiger partial charge on any atom is -0.481 e. The number of anilines is 4. The van der Waals surface area contributed by atoms with Gasteiger partial charge in [-0.2, -0.15) is 0 Å². The van der Waals surface area contributed by atoms with Crippen LogP contribution in [0.1, 0.15) is 17.9 Å². The van der Waals surface area contributed by atoms with Gasteiger partial charge in [-0.05, 0) is 23.8 Å². The van der Waals surface area contributed by atoms with Crippen molar-refractivity contribution in [3.8, 4) is 11.3 Å². The van der Waals surface area contributed by atoms with Crippen LogP contribution in [0.2, 0.25) is 0 Å². The van der Waals surface area contributed by atoms with E-state index in [4.69, 9.17) is 4.98 Å². The molecule has 1 fully saturated rings. The predicted octanol–water partition coefficient (Wildman–Crippen LogP) is 3.28. The van der Waals surface area contributed by atoms with Crippen LogP contribution < -0.4 is 20.9 Å². The van der Waals surface area contributed by atoms with Crippen molar-refractivity contribution in [1.82, 2.24) is 25.3 Å². The summed E-state index contributed by atoms with van der Waals surface area (Å²) in [6, 6.07) is 16.2. The van der Waals surface area contributed by atoms with Crippen LogP contribution in [0.3, 0.4) is 0 Å². The molecule has 1 aromatic carbocycles. The Morgan fingerprint density at radius 3 is 2.54 bits per heavy atom. The topological polar surface area (TPSA) is 145 Å². The molecule has 0 aliphatic carbocycles. The Morgan fingerprint density at radius 2 is 1.79 bits per heavy atom. The molecule has 198 valence electrons. The van der Waals surface area contributed by atoms with E-state index < -0.39 is 17.8 Å². The van der Waals surface area contributed by atoms with Crippen LogP contribution in [0, 0.1) is 0 Å². The van der Waals surface area contributed by atoms with Gasteiger partial charge in [0.05, 0.1) is 24.2 Å². The lowest BCUT2D eigenvalue weighted by molar-refractivity contribution is -0.139. The number of carbonyl (C=O) groups is 2. The van der Waals surface area contributed by atoms with Crippen LogP contribution in [0.4, 0.5) is 23.1 Å². The fourth-order valence-electron chi connectivity index (χ4n) is 4.41. The molecule has 1 saturated heterocycles. The number of hydrogen-bond donors (Lipinski definition) is 4. The van der Waals surface area contributed by atoms with Gasteiger partial charge in [0.2, 0.25) is 5.91 Å². The fraction of sp³-hybridized carbons (Fsp3) is 0.214. The number of aliphatic carboxylic acids is 1. The number of amides is 1. The summed E-state index contributed by atoms with van der Waals surface area (Å²) in [4.78, 5) is 44.8. The van der Waals surface area contributed by atoms with Crippen LogP contribution in [0.15, 0.2) is 79.4 Å². The predicted molar refractivity (Wildman–Crippen MR) is 148 cm³/mol. The lowest BCUT2D eigenvalue weighted by atomic mass is 9.94. The Kier molecular flexibility index (Phi) is 7.98. The molecule has 3 aromatic heterocycles. The maximum Gasteiger partial charge on any atom is 0.304 e. The summed E-state index contributed by atoms with van der Waals surface area (Å²) in [6.07, 6.45) is 6.11. The van der Waals surface area contributed by atoms with E-state index in [0.717, 1.165) is 37.6 Å². The van der Waals surface area contributed by atoms with E-state index >= 15 is 0 Å². The molecule has 0 unspecified atom stereocenters. The molecule has 1 aliphatic heterocycles. The minimum absolute atomic E-state index is 0.336. The quantitative estimate of drug-likeness (QED) is 0.257. The first-order valence-corrected chi connectivity index (χ1v) is 12.6. The number of pyridine rings is 2. The van der Waals surface area contributed by atoms with Crippen molar-refractivity contribution in [2.45, 2.75) is 12.3 Å². The van der Waals surface area contributed by atoms with E-state index in [1.807, 2.05) is 18.2 Å². The largest absolute Gasteiger partial charge is 0.481 e. The number of rotatable bonds is 9. The van der Waals surface area contributed by atoms with Crippen molar-refractivity contribution in [3.63, 3.8) is 0 Å². The summed E-state index contributed by atoms with van der Waals surface area (Å²) in [5, 5.41) is 18.9. The highest BCUT2D eigenvalue weighted by molar-refractivity contribution is 5.98. The molecule has 0 spiro atoms. The van der Waals surface area contributed by atoms with Crippen LogP contribution >= 0.6 is 0 Å². The zero-order chi connectivity index (χ0) is 27.0. The van der Waals surface area contributed by atoms with Gasteiger partial charge in [0.15, 0.2) is 0 Å². The lowest BCUT2D eigenvalue weighted by Gasteiger charge is -2.28. The smallest absolute Gasteiger partial charge is 0.304 e. The number of aromatic nitrogens is 4. The molecule has 11 nitrogen and oxygen atoms in total. The van der Waals surface area contributed by atoms with Crippen LogP contribution in [0.25, 0.3) is 11.3 Å². The monoisotopic (exact) mass is 524 g/mol. The molecular formula is C28H28N8O3. The van der Waals surface area contributed by atoms with Gasteiger partial charge in [0.25, 0.3) is 0 Å². The molecule has 11 heteroatoms. The third-order valence-electron chi connectivity index (χ3n) is 6.29. The number of nitrogens with one attached hydrogen (secondary N) is 3. The summed E-state index contributed by atoms with van der Waals surface area (Å²) in [6.45, 7) is 3.47. The van der Waals surface area contributed by atoms with E-state index in [1.165, 1.54) is 0 Å². The van der Waals surface area contributed by atoms with Gasteiger partial charge >= 0.3 is 5.97 Å². The van der Waals surface area contributed by atoms with Gasteiger partial charge in [0, 0.05) is 62.1 Å². The summed E-state index contributed by atoms with van der Waals surface area (Å²) in [7, 11) is 0. The number of carboxylic acids is 1. The Balaban J connectivity index is 1.48. The molecule has 1 amide bonds. The molecule has 1 atom stereocenters. The Morgan fingerprint density at radius 1 is 0.974 bits per heavy atom. The summed E-state index contributed by atoms with van der Waals surface area (Å²) < 4.78 is 0. The van der Waals surface area contributed by atoms with Gasteiger partial charge in [-0.25, -0.2) is 15.0 Å². The summed E-state index contributed by atoms with van der Waals surface area (Å²) in [5.41, 5.74) is 2.51. The highest BCUT2D eigenvalue weighted by atomic mass is 16.4. The van der Waals surface area contributed by atoms with Crippen molar-refractivity contribution in [1.29, 1.82) is 0 Å². The first-order chi connectivity index (χ1) is 19.0. The lowest BCUT2D eigenvalue weighted by Crippen LogP contribution is -2.43. The Labute approximate surface area is 225 Å². The molecule has 0 bridgehead atoms. The maximum absolute atomic E-state index is 13.4. The second-order valence-electron chi connectivity index (χ2n) is 9.03. The van der Waals surface area contributed by atoms with E-state index in [2.05, 4.69) is 35.8 Å². The summed E-state index contributed by atoms with van der Waals surface area (Å²) in [5.74, 6) is -0.572. The Hall–Kier alpha value is -4.90. The molecule has 0 radical (unpaired) electrons. The molecule has 5 rings (SSSR count). The normalized spacial score (nSPS) is 13.9. The van der Waals surface area contributed by atoms with Gasteiger partial charge in [-0.1, -0.05) is 30.3 Å². The second-order valence-corrected chi connectivity index (χ2v) is 9.03. The number of hydrogen-bond acceptors (Lipinski definition) is 9. The average molecular weight is 525 g/mol. The molecule has 4 N–H and O–H groups in total. The summed E-state index contributed by atoms with van der Waals surface area (Å²) >= 11 is 0. The molecular weight excluding hydrogens is 496 g/mol. The third-order valence-corrected chi connectivity index (χ3v) is 6.29. The van der Waals surface area contributed by atoms with E-state index in [9.17, 15) is 14.7 Å². The number of carbonyl (C=O) groups excluding carboxylic acids is 1. The first-order valence-electron chi connectivity index (χ1n) is 12.6. The van der Waals surface area contributed by atoms with Gasteiger partial charge in [-0.15, -0.1) is 0 Å². The van der Waals surface area contributed by atoms with Gasteiger partial charge in [-0.3, -0.25) is 14.6 Å². The number of benzene rings is 1. The zero-order valence-electron chi connectivity index (χ0n) is 21.1. The van der Waals surface area contributed by atoms with Crippen molar-refractivity contribution in [2.75, 3.05) is 41.7 Å². The average Bonchev–Trinajstić information content (AvgIpc) is 2.97. The number of carboxylic acid groups (broad SMARTS) is 1. The SMILES string of the molecule is O=C(O)C[C@@H](C(=O)Nc1cc(Nc2cnccn2)nc(-c2ccnc(N3CCNCC3)c2)c1)c1ccccc1. The number of piperazine rings is 1. The van der Waals surface area contributed by atoms with Crippen molar-refractivity contribution in [2.24, 2.45) is 0 Å². The second kappa shape index (κ2) is 12.1. The standard InChI is InChI=1S/C28H28N8O3/c37-27(38)17-22(19-4-2-1-3-5-19)28(39)33-21-15-23(34-24(16-21)35-25-18-30-8-9-31-25)20-6-7-32-26(14-20)36-12-10-29-11-13-36/h1-9,14-16,18,22,29H,10-13,17H2,(H,37,38)(H2,31,33,34,35,39)/t22-/m1/s1. The minimum atomic E-state index is -1.06. The van der Waals surface area contributed by atoms with E-state index in [-0.39, 0.29) is 6.42 Å². The zero-order valence-corrected chi connectivity index (χ0v) is 21.1. The van der Waals surface area contributed by atoms with E-state index in [1.54, 1.807) is 61.2 Å². The first kappa shape index (κ1) is 25.7. The van der Waals surface area contributed by atoms with Gasteiger partial charge < -0.3 is 26.0 Å². The van der Waals surface area contributed by atoms with Crippen LogP contribution in [-0.4, -0.2) is 63.1 Å². The van der Waals surface area contributed by atoms with E-state index in [0.29, 0.717) is 28.6 Å².